The van der Waals surface area contributed by atoms with Crippen LogP contribution in [0.4, 0.5) is 0 Å². The maximum Gasteiger partial charge on any atom is 0.289 e. The molecular weight excluding hydrogens is 514 g/mol. The first kappa shape index (κ1) is 30.8. The van der Waals surface area contributed by atoms with Crippen molar-refractivity contribution in [2.75, 3.05) is 19.4 Å². The maximum atomic E-state index is 13.2. The molecule has 1 aromatic carbocycles. The predicted octanol–water partition coefficient (Wildman–Crippen LogP) is 2.30. The zero-order chi connectivity index (χ0) is 27.4. The van der Waals surface area contributed by atoms with Crippen LogP contribution in [0, 0.1) is 5.92 Å². The summed E-state index contributed by atoms with van der Waals surface area (Å²) in [6.45, 7) is 5.61. The summed E-state index contributed by atoms with van der Waals surface area (Å²) in [4.78, 5) is 50.9. The number of benzene rings is 1. The molecule has 37 heavy (non-hydrogen) atoms. The zero-order valence-corrected chi connectivity index (χ0v) is 23.7. The number of amides is 3. The number of carbonyl (C=O) groups is 4. The van der Waals surface area contributed by atoms with Gasteiger partial charge in [0.25, 0.3) is 5.91 Å². The van der Waals surface area contributed by atoms with Crippen LogP contribution in [-0.2, 0) is 35.4 Å². The van der Waals surface area contributed by atoms with Crippen molar-refractivity contribution in [3.05, 3.63) is 29.8 Å². The van der Waals surface area contributed by atoms with Gasteiger partial charge in [-0.1, -0.05) is 43.2 Å². The molecule has 0 saturated carbocycles. The third-order valence-electron chi connectivity index (χ3n) is 6.15. The summed E-state index contributed by atoms with van der Waals surface area (Å²) in [7, 11) is 2.21. The Morgan fingerprint density at radius 2 is 1.81 bits per heavy atom. The summed E-state index contributed by atoms with van der Waals surface area (Å²) >= 11 is 0. The highest BCUT2D eigenvalue weighted by molar-refractivity contribution is 8.69. The van der Waals surface area contributed by atoms with Crippen molar-refractivity contribution in [1.82, 2.24) is 16.0 Å². The number of likely N-dealkylation sites (N-methyl/N-ethyl adjacent to an activating group) is 1. The van der Waals surface area contributed by atoms with Crippen LogP contribution in [0.15, 0.2) is 24.3 Å². The van der Waals surface area contributed by atoms with Crippen LogP contribution in [0.25, 0.3) is 0 Å². The zero-order valence-electron chi connectivity index (χ0n) is 22.0. The lowest BCUT2D eigenvalue weighted by Gasteiger charge is -2.25. The van der Waals surface area contributed by atoms with Crippen molar-refractivity contribution in [2.45, 2.75) is 76.6 Å². The number of Topliss-reactive ketones (excluding diaryl/α,β-unsaturated/α-hetero) is 1. The molecule has 9 nitrogen and oxygen atoms in total. The van der Waals surface area contributed by atoms with Crippen LogP contribution >= 0.6 is 10.8 Å². The van der Waals surface area contributed by atoms with Gasteiger partial charge in [0.2, 0.25) is 17.6 Å². The van der Waals surface area contributed by atoms with Crippen molar-refractivity contribution >= 4 is 44.1 Å². The lowest BCUT2D eigenvalue weighted by Crippen LogP contribution is -2.56. The molecule has 0 spiro atoms. The topological polar surface area (TPSA) is 131 Å². The van der Waals surface area contributed by atoms with E-state index in [9.17, 15) is 23.4 Å². The van der Waals surface area contributed by atoms with E-state index in [0.717, 1.165) is 30.6 Å². The van der Waals surface area contributed by atoms with E-state index in [1.807, 2.05) is 13.8 Å². The van der Waals surface area contributed by atoms with Gasteiger partial charge in [-0.2, -0.15) is 0 Å². The molecule has 0 aromatic heterocycles. The number of methoxy groups -OCH3 is 1. The van der Waals surface area contributed by atoms with Gasteiger partial charge in [-0.25, -0.2) is 4.21 Å². The van der Waals surface area contributed by atoms with Gasteiger partial charge in [0, 0.05) is 30.4 Å². The minimum absolute atomic E-state index is 0.116. The van der Waals surface area contributed by atoms with Crippen molar-refractivity contribution in [1.29, 1.82) is 0 Å². The van der Waals surface area contributed by atoms with Gasteiger partial charge >= 0.3 is 0 Å². The first-order chi connectivity index (χ1) is 17.7. The summed E-state index contributed by atoms with van der Waals surface area (Å²) in [5, 5.41) is 8.18. The highest BCUT2D eigenvalue weighted by Gasteiger charge is 2.31. The van der Waals surface area contributed by atoms with E-state index in [2.05, 4.69) is 16.0 Å². The third kappa shape index (κ3) is 10.1. The number of ketones is 1. The molecule has 2 unspecified atom stereocenters. The third-order valence-corrected chi connectivity index (χ3v) is 9.81. The molecule has 0 aliphatic carbocycles. The lowest BCUT2D eigenvalue weighted by atomic mass is 9.98. The summed E-state index contributed by atoms with van der Waals surface area (Å²) in [6.07, 6.45) is 3.60. The Hall–Kier alpha value is -2.40. The fraction of sp³-hybridized carbons (Fsp3) is 0.615. The van der Waals surface area contributed by atoms with E-state index in [4.69, 9.17) is 4.74 Å². The molecule has 11 heteroatoms. The quantitative estimate of drug-likeness (QED) is 0.173. The second-order valence-corrected chi connectivity index (χ2v) is 12.9. The molecule has 0 bridgehead atoms. The fourth-order valence-electron chi connectivity index (χ4n) is 4.01. The molecule has 1 aromatic rings. The summed E-state index contributed by atoms with van der Waals surface area (Å²) < 4.78 is 17.0. The molecule has 1 fully saturated rings. The molecule has 3 N–H and O–H groups in total. The van der Waals surface area contributed by atoms with Crippen LogP contribution in [-0.4, -0.2) is 64.5 Å². The standard InChI is InChI=1S/C26H39N3O6S2/c1-5-27-26(33)24(31)21(16-18-10-12-19(35-4)13-11-18)28-25(32)23(17(2)3)29-22(30)9-7-6-8-20-14-15-36-37(20)34/h10-13,17,20-21,23H,5-9,14-16H2,1-4H3,(H,27,33)(H,28,32)(H,29,30)/t20?,21-,23-,37?/m0/s1. The normalized spacial score (nSPS) is 18.6. The first-order valence-corrected chi connectivity index (χ1v) is 15.5. The van der Waals surface area contributed by atoms with Crippen LogP contribution in [0.3, 0.4) is 0 Å². The average molecular weight is 554 g/mol. The summed E-state index contributed by atoms with van der Waals surface area (Å²) in [5.41, 5.74) is 0.746. The van der Waals surface area contributed by atoms with Crippen LogP contribution in [0.1, 0.15) is 58.4 Å². The Kier molecular flexibility index (Phi) is 13.1. The van der Waals surface area contributed by atoms with Gasteiger partial charge in [0.15, 0.2) is 0 Å². The van der Waals surface area contributed by atoms with Gasteiger partial charge in [-0.15, -0.1) is 0 Å². The number of nitrogens with one attached hydrogen (secondary N) is 3. The molecule has 1 aliphatic rings. The number of carbonyl (C=O) groups excluding carboxylic acids is 4. The van der Waals surface area contributed by atoms with Gasteiger partial charge in [0.1, 0.15) is 17.8 Å². The summed E-state index contributed by atoms with van der Waals surface area (Å²) in [5.74, 6) is -0.948. The van der Waals surface area contributed by atoms with E-state index in [1.165, 1.54) is 10.8 Å². The predicted molar refractivity (Wildman–Crippen MR) is 147 cm³/mol. The minimum atomic E-state index is -1.09. The minimum Gasteiger partial charge on any atom is -0.497 e. The largest absolute Gasteiger partial charge is 0.497 e. The van der Waals surface area contributed by atoms with Crippen LogP contribution < -0.4 is 20.7 Å². The van der Waals surface area contributed by atoms with Crippen LogP contribution in [0.5, 0.6) is 5.75 Å². The van der Waals surface area contributed by atoms with Crippen molar-refractivity contribution in [3.63, 3.8) is 0 Å². The number of rotatable bonds is 15. The number of hydrogen-bond donors (Lipinski definition) is 3. The first-order valence-electron chi connectivity index (χ1n) is 12.7. The second kappa shape index (κ2) is 15.8. The average Bonchev–Trinajstić information content (AvgIpc) is 3.29. The molecule has 1 aliphatic heterocycles. The molecule has 4 atom stereocenters. The van der Waals surface area contributed by atoms with Crippen molar-refractivity contribution in [2.24, 2.45) is 5.92 Å². The van der Waals surface area contributed by atoms with E-state index in [1.54, 1.807) is 38.3 Å². The van der Waals surface area contributed by atoms with E-state index >= 15 is 0 Å². The Labute approximate surface area is 225 Å². The number of unbranched alkanes of at least 4 members (excludes halogenated alkanes) is 1. The highest BCUT2D eigenvalue weighted by atomic mass is 33.1. The van der Waals surface area contributed by atoms with Gasteiger partial charge in [-0.3, -0.25) is 19.2 Å². The Morgan fingerprint density at radius 3 is 2.38 bits per heavy atom. The van der Waals surface area contributed by atoms with Gasteiger partial charge in [0.05, 0.1) is 16.9 Å². The van der Waals surface area contributed by atoms with E-state index in [0.29, 0.717) is 12.2 Å². The molecule has 1 saturated heterocycles. The Balaban J connectivity index is 1.99. The van der Waals surface area contributed by atoms with E-state index < -0.39 is 39.5 Å². The van der Waals surface area contributed by atoms with Crippen molar-refractivity contribution < 1.29 is 28.1 Å². The Bertz CT molecular complexity index is 954. The lowest BCUT2D eigenvalue weighted by molar-refractivity contribution is -0.140. The molecule has 206 valence electrons. The van der Waals surface area contributed by atoms with Crippen LogP contribution in [0.2, 0.25) is 0 Å². The second-order valence-electron chi connectivity index (χ2n) is 9.37. The SMILES string of the molecule is CCNC(=O)C(=O)[C@H](Cc1ccc(OC)cc1)NC(=O)[C@@H](NC(=O)CCCCC1CCSS1=O)C(C)C. The van der Waals surface area contributed by atoms with E-state index in [-0.39, 0.29) is 36.5 Å². The van der Waals surface area contributed by atoms with Crippen molar-refractivity contribution in [3.8, 4) is 5.75 Å². The number of hydrogen-bond acceptors (Lipinski definition) is 7. The molecule has 0 radical (unpaired) electrons. The molecule has 1 heterocycles. The smallest absolute Gasteiger partial charge is 0.289 e. The molecule has 3 amide bonds. The summed E-state index contributed by atoms with van der Waals surface area (Å²) in [6, 6.07) is 5.08. The van der Waals surface area contributed by atoms with Gasteiger partial charge < -0.3 is 20.7 Å². The molecular formula is C26H39N3O6S2. The van der Waals surface area contributed by atoms with Gasteiger partial charge in [-0.05, 0) is 49.8 Å². The maximum absolute atomic E-state index is 13.2. The molecule has 2 rings (SSSR count). The number of ether oxygens (including phenoxy) is 1. The highest BCUT2D eigenvalue weighted by Crippen LogP contribution is 2.29. The Morgan fingerprint density at radius 1 is 1.11 bits per heavy atom. The monoisotopic (exact) mass is 553 g/mol. The fourth-order valence-corrected chi connectivity index (χ4v) is 7.50.